The molecular weight excluding hydrogens is 234 g/mol. The molecular formula is C13H11NO4. The van der Waals surface area contributed by atoms with Crippen LogP contribution in [0, 0.1) is 0 Å². The summed E-state index contributed by atoms with van der Waals surface area (Å²) in [5.41, 5.74) is 2.18. The number of rotatable bonds is 1. The summed E-state index contributed by atoms with van der Waals surface area (Å²) in [5.74, 6) is 0.251. The van der Waals surface area contributed by atoms with Gasteiger partial charge in [0.05, 0.1) is 19.1 Å². The maximum Gasteiger partial charge on any atom is 0.343 e. The van der Waals surface area contributed by atoms with E-state index in [1.807, 2.05) is 6.07 Å². The molecule has 1 aliphatic carbocycles. The third kappa shape index (κ3) is 1.48. The Hall–Kier alpha value is -2.30. The number of carbonyl (C=O) groups is 1. The van der Waals surface area contributed by atoms with Gasteiger partial charge in [0.15, 0.2) is 0 Å². The molecule has 0 saturated carbocycles. The Morgan fingerprint density at radius 1 is 1.44 bits per heavy atom. The van der Waals surface area contributed by atoms with Crippen LogP contribution in [0.15, 0.2) is 27.6 Å². The van der Waals surface area contributed by atoms with E-state index in [1.54, 1.807) is 12.3 Å². The Kier molecular flexibility index (Phi) is 2.33. The van der Waals surface area contributed by atoms with Gasteiger partial charge in [0, 0.05) is 12.0 Å². The predicted octanol–water partition coefficient (Wildman–Crippen LogP) is 1.52. The van der Waals surface area contributed by atoms with Crippen molar-refractivity contribution in [3.63, 3.8) is 0 Å². The summed E-state index contributed by atoms with van der Waals surface area (Å²) in [5, 5.41) is 0. The first kappa shape index (κ1) is 10.8. The van der Waals surface area contributed by atoms with Crippen LogP contribution in [0.4, 0.5) is 0 Å². The number of H-pyrrole nitrogens is 1. The molecule has 1 aliphatic rings. The van der Waals surface area contributed by atoms with Crippen molar-refractivity contribution in [1.29, 1.82) is 0 Å². The number of hydrogen-bond acceptors (Lipinski definition) is 4. The van der Waals surface area contributed by atoms with Crippen molar-refractivity contribution in [2.45, 2.75) is 12.8 Å². The fraction of sp³-hybridized carbons (Fsp3) is 0.231. The minimum Gasteiger partial charge on any atom is -0.469 e. The molecule has 0 radical (unpaired) electrons. The van der Waals surface area contributed by atoms with Gasteiger partial charge in [0.25, 0.3) is 5.56 Å². The normalized spacial score (nSPS) is 12.7. The summed E-state index contributed by atoms with van der Waals surface area (Å²) in [7, 11) is 1.26. The van der Waals surface area contributed by atoms with E-state index >= 15 is 0 Å². The Bertz CT molecular complexity index is 681. The lowest BCUT2D eigenvalue weighted by Gasteiger charge is -2.15. The largest absolute Gasteiger partial charge is 0.469 e. The topological polar surface area (TPSA) is 72.3 Å². The third-order valence-corrected chi connectivity index (χ3v) is 3.16. The molecule has 92 valence electrons. The van der Waals surface area contributed by atoms with Gasteiger partial charge in [-0.2, -0.15) is 0 Å². The Morgan fingerprint density at radius 3 is 3.06 bits per heavy atom. The van der Waals surface area contributed by atoms with Crippen molar-refractivity contribution in [2.24, 2.45) is 0 Å². The first-order valence-electron chi connectivity index (χ1n) is 5.62. The third-order valence-electron chi connectivity index (χ3n) is 3.16. The van der Waals surface area contributed by atoms with Crippen LogP contribution in [0.2, 0.25) is 0 Å². The summed E-state index contributed by atoms with van der Waals surface area (Å²) in [6.45, 7) is 0. The number of fused-ring (bicyclic) bond motifs is 3. The maximum atomic E-state index is 11.8. The predicted molar refractivity (Wildman–Crippen MR) is 63.5 cm³/mol. The number of aromatic nitrogens is 1. The van der Waals surface area contributed by atoms with Crippen LogP contribution in [0.5, 0.6) is 0 Å². The van der Waals surface area contributed by atoms with E-state index in [1.165, 1.54) is 7.11 Å². The van der Waals surface area contributed by atoms with E-state index in [4.69, 9.17) is 4.42 Å². The summed E-state index contributed by atoms with van der Waals surface area (Å²) < 4.78 is 9.92. The molecule has 2 heterocycles. The van der Waals surface area contributed by atoms with Crippen molar-refractivity contribution in [3.8, 4) is 11.3 Å². The molecule has 3 rings (SSSR count). The van der Waals surface area contributed by atoms with Gasteiger partial charge in [-0.3, -0.25) is 4.79 Å². The molecule has 0 saturated heterocycles. The number of furan rings is 1. The first-order valence-corrected chi connectivity index (χ1v) is 5.62. The highest BCUT2D eigenvalue weighted by molar-refractivity contribution is 5.89. The molecule has 0 aliphatic heterocycles. The van der Waals surface area contributed by atoms with Crippen LogP contribution in [0.25, 0.3) is 11.3 Å². The molecule has 2 aromatic rings. The van der Waals surface area contributed by atoms with Crippen LogP contribution in [0.1, 0.15) is 21.7 Å². The van der Waals surface area contributed by atoms with E-state index in [0.29, 0.717) is 0 Å². The molecule has 18 heavy (non-hydrogen) atoms. The van der Waals surface area contributed by atoms with Gasteiger partial charge >= 0.3 is 5.97 Å². The lowest BCUT2D eigenvalue weighted by atomic mass is 9.93. The zero-order chi connectivity index (χ0) is 12.7. The highest BCUT2D eigenvalue weighted by Gasteiger charge is 2.22. The highest BCUT2D eigenvalue weighted by Crippen LogP contribution is 2.32. The van der Waals surface area contributed by atoms with Gasteiger partial charge in [-0.25, -0.2) is 4.79 Å². The van der Waals surface area contributed by atoms with Crippen molar-refractivity contribution in [1.82, 2.24) is 4.98 Å². The lowest BCUT2D eigenvalue weighted by molar-refractivity contribution is 0.0598. The average molecular weight is 245 g/mol. The maximum absolute atomic E-state index is 11.8. The number of aryl methyl sites for hydroxylation is 2. The number of methoxy groups -OCH3 is 1. The minimum absolute atomic E-state index is 0.0446. The van der Waals surface area contributed by atoms with Crippen LogP contribution < -0.4 is 5.56 Å². The molecule has 0 aromatic carbocycles. The van der Waals surface area contributed by atoms with E-state index in [2.05, 4.69) is 9.72 Å². The van der Waals surface area contributed by atoms with Gasteiger partial charge < -0.3 is 14.1 Å². The number of nitrogens with one attached hydrogen (secondary N) is 1. The van der Waals surface area contributed by atoms with Crippen LogP contribution in [-0.2, 0) is 17.6 Å². The standard InChI is InChI=1S/C13H11NO4/c1-17-13(16)9-6-7-2-3-10-8(4-5-18-10)11(7)14-12(9)15/h4-6H,2-3H2,1H3,(H,14,15). The van der Waals surface area contributed by atoms with Gasteiger partial charge in [-0.05, 0) is 24.1 Å². The van der Waals surface area contributed by atoms with Gasteiger partial charge in [0.2, 0.25) is 0 Å². The minimum atomic E-state index is -0.614. The monoisotopic (exact) mass is 245 g/mol. The van der Waals surface area contributed by atoms with E-state index in [-0.39, 0.29) is 5.56 Å². The number of ether oxygens (including phenoxy) is 1. The Labute approximate surface area is 102 Å². The number of esters is 1. The number of pyridine rings is 1. The fourth-order valence-corrected chi connectivity index (χ4v) is 2.28. The summed E-state index contributed by atoms with van der Waals surface area (Å²) in [4.78, 5) is 26.0. The van der Waals surface area contributed by atoms with Crippen molar-refractivity contribution in [2.75, 3.05) is 7.11 Å². The quantitative estimate of drug-likeness (QED) is 0.773. The number of hydrogen-bond donors (Lipinski definition) is 1. The van der Waals surface area contributed by atoms with Crippen molar-refractivity contribution in [3.05, 3.63) is 45.6 Å². The van der Waals surface area contributed by atoms with Gasteiger partial charge in [-0.15, -0.1) is 0 Å². The van der Waals surface area contributed by atoms with Crippen LogP contribution in [-0.4, -0.2) is 18.1 Å². The number of aromatic amines is 1. The molecule has 1 N–H and O–H groups in total. The van der Waals surface area contributed by atoms with Crippen molar-refractivity contribution < 1.29 is 13.9 Å². The van der Waals surface area contributed by atoms with E-state index < -0.39 is 11.5 Å². The molecule has 0 spiro atoms. The highest BCUT2D eigenvalue weighted by atomic mass is 16.5. The summed E-state index contributed by atoms with van der Waals surface area (Å²) in [6, 6.07) is 3.43. The van der Waals surface area contributed by atoms with Gasteiger partial charge in [0.1, 0.15) is 11.3 Å². The molecule has 5 heteroatoms. The summed E-state index contributed by atoms with van der Waals surface area (Å²) in [6.07, 6.45) is 3.10. The average Bonchev–Trinajstić information content (AvgIpc) is 2.85. The summed E-state index contributed by atoms with van der Waals surface area (Å²) >= 11 is 0. The van der Waals surface area contributed by atoms with E-state index in [9.17, 15) is 9.59 Å². The van der Waals surface area contributed by atoms with E-state index in [0.717, 1.165) is 35.4 Å². The fourth-order valence-electron chi connectivity index (χ4n) is 2.28. The molecule has 0 unspecified atom stereocenters. The molecule has 0 amide bonds. The second kappa shape index (κ2) is 3.87. The molecule has 2 aromatic heterocycles. The van der Waals surface area contributed by atoms with Gasteiger partial charge in [-0.1, -0.05) is 0 Å². The van der Waals surface area contributed by atoms with Crippen LogP contribution in [0.3, 0.4) is 0 Å². The zero-order valence-electron chi connectivity index (χ0n) is 9.78. The Balaban J connectivity index is 2.21. The van der Waals surface area contributed by atoms with Crippen LogP contribution >= 0.6 is 0 Å². The zero-order valence-corrected chi connectivity index (χ0v) is 9.78. The van der Waals surface area contributed by atoms with Crippen molar-refractivity contribution >= 4 is 5.97 Å². The Morgan fingerprint density at radius 2 is 2.28 bits per heavy atom. The first-order chi connectivity index (χ1) is 8.70. The smallest absolute Gasteiger partial charge is 0.343 e. The second-order valence-corrected chi connectivity index (χ2v) is 4.16. The second-order valence-electron chi connectivity index (χ2n) is 4.16. The number of carbonyl (C=O) groups excluding carboxylic acids is 1. The lowest BCUT2D eigenvalue weighted by Crippen LogP contribution is -2.21. The SMILES string of the molecule is COC(=O)c1cc2c([nH]c1=O)-c1ccoc1CC2. The molecule has 5 nitrogen and oxygen atoms in total. The molecule has 0 fully saturated rings. The molecule has 0 bridgehead atoms. The molecule has 0 atom stereocenters.